The molecule has 2 aromatic carbocycles. The van der Waals surface area contributed by atoms with Crippen LogP contribution in [-0.4, -0.2) is 12.5 Å². The molecule has 27 heavy (non-hydrogen) atoms. The third kappa shape index (κ3) is 4.34. The summed E-state index contributed by atoms with van der Waals surface area (Å²) < 4.78 is 24.2. The van der Waals surface area contributed by atoms with Gasteiger partial charge in [-0.05, 0) is 48.2 Å². The number of carbonyl (C=O) groups excluding carboxylic acids is 1. The molecule has 5 nitrogen and oxygen atoms in total. The fraction of sp³-hybridized carbons (Fsp3) is 0.238. The highest BCUT2D eigenvalue weighted by atomic mass is 19.1. The highest BCUT2D eigenvalue weighted by Crippen LogP contribution is 2.27. The minimum Gasteiger partial charge on any atom is -0.484 e. The van der Waals surface area contributed by atoms with Crippen LogP contribution < -0.4 is 15.7 Å². The maximum Gasteiger partial charge on any atom is 0.336 e. The fourth-order valence-corrected chi connectivity index (χ4v) is 2.75. The molecular weight excluding hydrogens is 349 g/mol. The van der Waals surface area contributed by atoms with Gasteiger partial charge in [0.1, 0.15) is 17.1 Å². The van der Waals surface area contributed by atoms with E-state index in [1.165, 1.54) is 12.1 Å². The molecule has 0 atom stereocenters. The van der Waals surface area contributed by atoms with Crippen LogP contribution in [0.25, 0.3) is 11.0 Å². The van der Waals surface area contributed by atoms with Crippen molar-refractivity contribution in [3.8, 4) is 5.75 Å². The molecule has 0 aliphatic carbocycles. The molecule has 1 aromatic heterocycles. The van der Waals surface area contributed by atoms with Crippen molar-refractivity contribution in [2.75, 3.05) is 11.9 Å². The van der Waals surface area contributed by atoms with Crippen molar-refractivity contribution in [2.45, 2.75) is 26.7 Å². The minimum absolute atomic E-state index is 0.170. The summed E-state index contributed by atoms with van der Waals surface area (Å²) in [6.45, 7) is 5.38. The number of anilines is 1. The van der Waals surface area contributed by atoms with Crippen LogP contribution in [-0.2, 0) is 4.79 Å². The van der Waals surface area contributed by atoms with E-state index in [1.807, 2.05) is 13.8 Å². The zero-order valence-electron chi connectivity index (χ0n) is 15.3. The highest BCUT2D eigenvalue weighted by molar-refractivity contribution is 5.92. The summed E-state index contributed by atoms with van der Waals surface area (Å²) in [5, 5.41) is 3.40. The van der Waals surface area contributed by atoms with E-state index in [0.29, 0.717) is 22.6 Å². The van der Waals surface area contributed by atoms with Gasteiger partial charge in [-0.25, -0.2) is 9.18 Å². The number of hydrogen-bond acceptors (Lipinski definition) is 4. The Morgan fingerprint density at radius 3 is 2.67 bits per heavy atom. The molecule has 0 bridgehead atoms. The minimum atomic E-state index is -0.428. The molecule has 140 valence electrons. The number of rotatable bonds is 5. The van der Waals surface area contributed by atoms with Crippen molar-refractivity contribution >= 4 is 22.6 Å². The van der Waals surface area contributed by atoms with Gasteiger partial charge in [-0.2, -0.15) is 0 Å². The molecule has 0 aliphatic rings. The monoisotopic (exact) mass is 369 g/mol. The van der Waals surface area contributed by atoms with Crippen LogP contribution >= 0.6 is 0 Å². The molecule has 0 fully saturated rings. The number of fused-ring (bicyclic) bond motifs is 1. The number of aryl methyl sites for hydroxylation is 1. The Morgan fingerprint density at radius 1 is 1.19 bits per heavy atom. The van der Waals surface area contributed by atoms with Crippen LogP contribution in [0.4, 0.5) is 10.1 Å². The predicted octanol–water partition coefficient (Wildman–Crippen LogP) is 4.38. The summed E-state index contributed by atoms with van der Waals surface area (Å²) in [4.78, 5) is 23.7. The van der Waals surface area contributed by atoms with E-state index >= 15 is 0 Å². The Hall–Kier alpha value is -3.15. The third-order valence-electron chi connectivity index (χ3n) is 4.20. The van der Waals surface area contributed by atoms with Crippen LogP contribution in [0.5, 0.6) is 5.75 Å². The molecule has 0 saturated heterocycles. The molecular formula is C21H20FNO4. The zero-order chi connectivity index (χ0) is 19.6. The summed E-state index contributed by atoms with van der Waals surface area (Å²) in [6.07, 6.45) is 0. The topological polar surface area (TPSA) is 68.5 Å². The standard InChI is InChI=1S/C21H20FNO4/c1-12(2)17-10-21(25)27-19-9-15(6-7-16(17)19)26-11-20(24)23-14-5-4-13(3)18(22)8-14/h4-10,12H,11H2,1-3H3,(H,23,24). The molecule has 1 heterocycles. The number of ether oxygens (including phenoxy) is 1. The first-order chi connectivity index (χ1) is 12.8. The highest BCUT2D eigenvalue weighted by Gasteiger charge is 2.11. The first-order valence-corrected chi connectivity index (χ1v) is 8.60. The molecule has 0 unspecified atom stereocenters. The lowest BCUT2D eigenvalue weighted by molar-refractivity contribution is -0.118. The van der Waals surface area contributed by atoms with Gasteiger partial charge in [0.15, 0.2) is 6.61 Å². The summed E-state index contributed by atoms with van der Waals surface area (Å²) in [5.74, 6) is -0.240. The van der Waals surface area contributed by atoms with Gasteiger partial charge in [-0.1, -0.05) is 19.9 Å². The van der Waals surface area contributed by atoms with Gasteiger partial charge in [0, 0.05) is 23.2 Å². The van der Waals surface area contributed by atoms with Crippen molar-refractivity contribution in [1.29, 1.82) is 0 Å². The van der Waals surface area contributed by atoms with E-state index in [0.717, 1.165) is 10.9 Å². The van der Waals surface area contributed by atoms with Crippen molar-refractivity contribution in [3.05, 3.63) is 69.8 Å². The van der Waals surface area contributed by atoms with E-state index in [9.17, 15) is 14.0 Å². The molecule has 0 radical (unpaired) electrons. The van der Waals surface area contributed by atoms with Crippen LogP contribution in [0.2, 0.25) is 0 Å². The van der Waals surface area contributed by atoms with Gasteiger partial charge in [0.2, 0.25) is 0 Å². The second kappa shape index (κ2) is 7.61. The molecule has 3 aromatic rings. The van der Waals surface area contributed by atoms with Crippen molar-refractivity contribution in [3.63, 3.8) is 0 Å². The van der Waals surface area contributed by atoms with E-state index in [1.54, 1.807) is 37.3 Å². The summed E-state index contributed by atoms with van der Waals surface area (Å²) in [7, 11) is 0. The Balaban J connectivity index is 1.72. The molecule has 1 N–H and O–H groups in total. The number of hydrogen-bond donors (Lipinski definition) is 1. The van der Waals surface area contributed by atoms with Crippen molar-refractivity contribution in [1.82, 2.24) is 0 Å². The van der Waals surface area contributed by atoms with Crippen LogP contribution in [0.15, 0.2) is 51.7 Å². The lowest BCUT2D eigenvalue weighted by atomic mass is 10.00. The van der Waals surface area contributed by atoms with Gasteiger partial charge < -0.3 is 14.5 Å². The Bertz CT molecular complexity index is 1060. The van der Waals surface area contributed by atoms with Gasteiger partial charge in [0.05, 0.1) is 0 Å². The molecule has 6 heteroatoms. The Labute approximate surface area is 155 Å². The number of carbonyl (C=O) groups is 1. The normalized spacial score (nSPS) is 11.0. The number of nitrogens with one attached hydrogen (secondary N) is 1. The zero-order valence-corrected chi connectivity index (χ0v) is 15.3. The van der Waals surface area contributed by atoms with Crippen LogP contribution in [0.3, 0.4) is 0 Å². The van der Waals surface area contributed by atoms with E-state index in [-0.39, 0.29) is 18.3 Å². The van der Waals surface area contributed by atoms with Crippen LogP contribution in [0.1, 0.15) is 30.9 Å². The molecule has 3 rings (SSSR count). The van der Waals surface area contributed by atoms with Gasteiger partial charge in [-0.15, -0.1) is 0 Å². The lowest BCUT2D eigenvalue weighted by Crippen LogP contribution is -2.20. The lowest BCUT2D eigenvalue weighted by Gasteiger charge is -2.11. The SMILES string of the molecule is Cc1ccc(NC(=O)COc2ccc3c(C(C)C)cc(=O)oc3c2)cc1F. The maximum absolute atomic E-state index is 13.5. The summed E-state index contributed by atoms with van der Waals surface area (Å²) in [5.41, 5.74) is 1.74. The second-order valence-corrected chi connectivity index (χ2v) is 6.63. The van der Waals surface area contributed by atoms with Crippen molar-refractivity contribution < 1.29 is 18.3 Å². The average molecular weight is 369 g/mol. The number of amides is 1. The van der Waals surface area contributed by atoms with Gasteiger partial charge in [0.25, 0.3) is 5.91 Å². The molecule has 0 spiro atoms. The third-order valence-corrected chi connectivity index (χ3v) is 4.20. The van der Waals surface area contributed by atoms with E-state index < -0.39 is 11.5 Å². The first-order valence-electron chi connectivity index (χ1n) is 8.60. The number of halogens is 1. The smallest absolute Gasteiger partial charge is 0.336 e. The summed E-state index contributed by atoms with van der Waals surface area (Å²) >= 11 is 0. The van der Waals surface area contributed by atoms with Gasteiger partial charge >= 0.3 is 5.63 Å². The Morgan fingerprint density at radius 2 is 1.96 bits per heavy atom. The molecule has 0 aliphatic heterocycles. The maximum atomic E-state index is 13.5. The first kappa shape index (κ1) is 18.6. The predicted molar refractivity (Wildman–Crippen MR) is 102 cm³/mol. The second-order valence-electron chi connectivity index (χ2n) is 6.63. The van der Waals surface area contributed by atoms with Crippen molar-refractivity contribution in [2.24, 2.45) is 0 Å². The van der Waals surface area contributed by atoms with E-state index in [2.05, 4.69) is 5.32 Å². The van der Waals surface area contributed by atoms with Gasteiger partial charge in [-0.3, -0.25) is 4.79 Å². The number of benzene rings is 2. The van der Waals surface area contributed by atoms with E-state index in [4.69, 9.17) is 9.15 Å². The average Bonchev–Trinajstić information content (AvgIpc) is 2.62. The molecule has 0 saturated carbocycles. The van der Waals surface area contributed by atoms with Crippen LogP contribution in [0, 0.1) is 12.7 Å². The summed E-state index contributed by atoms with van der Waals surface area (Å²) in [6, 6.07) is 11.1. The largest absolute Gasteiger partial charge is 0.484 e. The Kier molecular flexibility index (Phi) is 5.26. The molecule has 1 amide bonds. The fourth-order valence-electron chi connectivity index (χ4n) is 2.75. The quantitative estimate of drug-likeness (QED) is 0.678.